The first-order valence-corrected chi connectivity index (χ1v) is 11.4. The Morgan fingerprint density at radius 1 is 1.00 bits per heavy atom. The molecule has 0 spiro atoms. The first-order valence-electron chi connectivity index (χ1n) is 9.15. The van der Waals surface area contributed by atoms with Crippen LogP contribution < -0.4 is 4.72 Å². The van der Waals surface area contributed by atoms with E-state index in [0.29, 0.717) is 32.1 Å². The SMILES string of the molecule is Cc1cc(C)c(S(=O)(=O)Nc2cc(Sc3ncn[nH]3)c(O)c3ccccc23)cc1C. The highest BCUT2D eigenvalue weighted by Crippen LogP contribution is 2.42. The Labute approximate surface area is 178 Å². The minimum absolute atomic E-state index is 0.0531. The molecule has 0 saturated heterocycles. The molecule has 0 unspecified atom stereocenters. The summed E-state index contributed by atoms with van der Waals surface area (Å²) in [6.07, 6.45) is 1.37. The van der Waals surface area contributed by atoms with E-state index in [1.165, 1.54) is 18.1 Å². The van der Waals surface area contributed by atoms with E-state index in [4.69, 9.17) is 0 Å². The second-order valence-corrected chi connectivity index (χ2v) is 9.70. The number of hydrogen-bond acceptors (Lipinski definition) is 6. The molecular formula is C21H20N4O3S2. The van der Waals surface area contributed by atoms with E-state index in [0.717, 1.165) is 11.1 Å². The molecule has 30 heavy (non-hydrogen) atoms. The second-order valence-electron chi connectivity index (χ2n) is 7.02. The molecule has 0 aliphatic carbocycles. The molecule has 4 rings (SSSR count). The van der Waals surface area contributed by atoms with E-state index < -0.39 is 10.0 Å². The van der Waals surface area contributed by atoms with Crippen molar-refractivity contribution in [2.45, 2.75) is 35.7 Å². The van der Waals surface area contributed by atoms with Crippen molar-refractivity contribution >= 4 is 38.2 Å². The Morgan fingerprint density at radius 2 is 1.70 bits per heavy atom. The number of nitrogens with zero attached hydrogens (tertiary/aromatic N) is 2. The predicted molar refractivity (Wildman–Crippen MR) is 118 cm³/mol. The molecule has 154 valence electrons. The summed E-state index contributed by atoms with van der Waals surface area (Å²) in [5.41, 5.74) is 2.98. The molecule has 0 aliphatic rings. The summed E-state index contributed by atoms with van der Waals surface area (Å²) in [5.74, 6) is 0.0531. The maximum atomic E-state index is 13.2. The van der Waals surface area contributed by atoms with E-state index in [-0.39, 0.29) is 10.6 Å². The van der Waals surface area contributed by atoms with Crippen molar-refractivity contribution in [2.75, 3.05) is 4.72 Å². The Hall–Kier alpha value is -3.04. The summed E-state index contributed by atoms with van der Waals surface area (Å²) < 4.78 is 29.2. The summed E-state index contributed by atoms with van der Waals surface area (Å²) in [4.78, 5) is 4.75. The molecule has 0 amide bonds. The number of nitrogens with one attached hydrogen (secondary N) is 2. The molecule has 3 aromatic carbocycles. The van der Waals surface area contributed by atoms with Crippen molar-refractivity contribution in [3.05, 3.63) is 65.5 Å². The van der Waals surface area contributed by atoms with Crippen molar-refractivity contribution in [3.8, 4) is 5.75 Å². The van der Waals surface area contributed by atoms with Gasteiger partial charge in [-0.05, 0) is 61.4 Å². The van der Waals surface area contributed by atoms with Gasteiger partial charge in [-0.1, -0.05) is 30.3 Å². The van der Waals surface area contributed by atoms with Crippen LogP contribution in [0, 0.1) is 20.8 Å². The van der Waals surface area contributed by atoms with Crippen LogP contribution in [0.1, 0.15) is 16.7 Å². The fourth-order valence-electron chi connectivity index (χ4n) is 3.27. The summed E-state index contributed by atoms with van der Waals surface area (Å²) in [6, 6.07) is 12.3. The average molecular weight is 441 g/mol. The van der Waals surface area contributed by atoms with Crippen LogP contribution in [0.3, 0.4) is 0 Å². The zero-order chi connectivity index (χ0) is 21.5. The van der Waals surface area contributed by atoms with Crippen LogP contribution in [-0.4, -0.2) is 28.7 Å². The van der Waals surface area contributed by atoms with Crippen molar-refractivity contribution in [1.29, 1.82) is 0 Å². The molecule has 9 heteroatoms. The highest BCUT2D eigenvalue weighted by molar-refractivity contribution is 7.99. The molecule has 0 radical (unpaired) electrons. The number of H-pyrrole nitrogens is 1. The lowest BCUT2D eigenvalue weighted by atomic mass is 10.1. The Bertz CT molecular complexity index is 1350. The monoisotopic (exact) mass is 440 g/mol. The quantitative estimate of drug-likeness (QED) is 0.393. The van der Waals surface area contributed by atoms with Gasteiger partial charge in [0, 0.05) is 10.8 Å². The highest BCUT2D eigenvalue weighted by Gasteiger charge is 2.21. The number of aromatic amines is 1. The van der Waals surface area contributed by atoms with Crippen LogP contribution in [0.2, 0.25) is 0 Å². The molecule has 1 heterocycles. The van der Waals surface area contributed by atoms with Crippen molar-refractivity contribution in [3.63, 3.8) is 0 Å². The van der Waals surface area contributed by atoms with Gasteiger partial charge in [-0.25, -0.2) is 13.4 Å². The Balaban J connectivity index is 1.84. The second kappa shape index (κ2) is 7.66. The van der Waals surface area contributed by atoms with Gasteiger partial charge < -0.3 is 5.11 Å². The van der Waals surface area contributed by atoms with Gasteiger partial charge >= 0.3 is 0 Å². The van der Waals surface area contributed by atoms with Crippen LogP contribution in [0.25, 0.3) is 10.8 Å². The summed E-state index contributed by atoms with van der Waals surface area (Å²) >= 11 is 1.17. The maximum Gasteiger partial charge on any atom is 0.262 e. The zero-order valence-electron chi connectivity index (χ0n) is 16.6. The molecule has 1 aromatic heterocycles. The van der Waals surface area contributed by atoms with Crippen molar-refractivity contribution in [1.82, 2.24) is 15.2 Å². The number of aromatic nitrogens is 3. The van der Waals surface area contributed by atoms with Gasteiger partial charge in [0.1, 0.15) is 12.1 Å². The van der Waals surface area contributed by atoms with E-state index in [2.05, 4.69) is 19.9 Å². The van der Waals surface area contributed by atoms with Crippen LogP contribution in [0.5, 0.6) is 5.75 Å². The average Bonchev–Trinajstić information content (AvgIpc) is 3.21. The third-order valence-electron chi connectivity index (χ3n) is 4.91. The number of rotatable bonds is 5. The van der Waals surface area contributed by atoms with Gasteiger partial charge in [-0.3, -0.25) is 9.82 Å². The van der Waals surface area contributed by atoms with Crippen LogP contribution in [0.4, 0.5) is 5.69 Å². The number of fused-ring (bicyclic) bond motifs is 1. The highest BCUT2D eigenvalue weighted by atomic mass is 32.2. The number of aryl methyl sites for hydroxylation is 3. The van der Waals surface area contributed by atoms with E-state index >= 15 is 0 Å². The Kier molecular flexibility index (Phi) is 5.17. The maximum absolute atomic E-state index is 13.2. The van der Waals surface area contributed by atoms with E-state index in [1.807, 2.05) is 19.9 Å². The third-order valence-corrected chi connectivity index (χ3v) is 7.33. The first-order chi connectivity index (χ1) is 14.3. The summed E-state index contributed by atoms with van der Waals surface area (Å²) in [5, 5.41) is 18.9. The Morgan fingerprint density at radius 3 is 2.40 bits per heavy atom. The number of aromatic hydroxyl groups is 1. The summed E-state index contributed by atoms with van der Waals surface area (Å²) in [6.45, 7) is 5.61. The third kappa shape index (κ3) is 3.73. The number of phenols is 1. The normalized spacial score (nSPS) is 11.7. The van der Waals surface area contributed by atoms with Gasteiger partial charge in [-0.2, -0.15) is 5.10 Å². The molecule has 0 aliphatic heterocycles. The lowest BCUT2D eigenvalue weighted by Crippen LogP contribution is -2.15. The molecule has 3 N–H and O–H groups in total. The van der Waals surface area contributed by atoms with E-state index in [1.54, 1.807) is 43.3 Å². The number of anilines is 1. The van der Waals surface area contributed by atoms with E-state index in [9.17, 15) is 13.5 Å². The number of benzene rings is 3. The molecule has 0 saturated carbocycles. The van der Waals surface area contributed by atoms with Crippen molar-refractivity contribution < 1.29 is 13.5 Å². The van der Waals surface area contributed by atoms with Crippen molar-refractivity contribution in [2.24, 2.45) is 0 Å². The fraction of sp³-hybridized carbons (Fsp3) is 0.143. The lowest BCUT2D eigenvalue weighted by Gasteiger charge is -2.16. The minimum atomic E-state index is -3.84. The smallest absolute Gasteiger partial charge is 0.262 e. The van der Waals surface area contributed by atoms with Crippen LogP contribution in [-0.2, 0) is 10.0 Å². The predicted octanol–water partition coefficient (Wildman–Crippen LogP) is 4.54. The number of phenolic OH excluding ortho intramolecular Hbond substituents is 1. The molecule has 0 bridgehead atoms. The minimum Gasteiger partial charge on any atom is -0.506 e. The van der Waals surface area contributed by atoms with Gasteiger partial charge in [0.25, 0.3) is 10.0 Å². The van der Waals surface area contributed by atoms with Crippen LogP contribution >= 0.6 is 11.8 Å². The zero-order valence-corrected chi connectivity index (χ0v) is 18.2. The molecular weight excluding hydrogens is 420 g/mol. The number of hydrogen-bond donors (Lipinski definition) is 3. The first kappa shape index (κ1) is 20.2. The van der Waals surface area contributed by atoms with Gasteiger partial charge in [0.05, 0.1) is 15.5 Å². The van der Waals surface area contributed by atoms with Gasteiger partial charge in [-0.15, -0.1) is 0 Å². The van der Waals surface area contributed by atoms with Gasteiger partial charge in [0.15, 0.2) is 5.16 Å². The topological polar surface area (TPSA) is 108 Å². The molecule has 0 atom stereocenters. The van der Waals surface area contributed by atoms with Gasteiger partial charge in [0.2, 0.25) is 0 Å². The number of sulfonamides is 1. The van der Waals surface area contributed by atoms with Crippen LogP contribution in [0.15, 0.2) is 63.7 Å². The lowest BCUT2D eigenvalue weighted by molar-refractivity contribution is 0.469. The molecule has 7 nitrogen and oxygen atoms in total. The largest absolute Gasteiger partial charge is 0.506 e. The standard InChI is InChI=1S/C21H20N4O3S2/c1-12-8-14(3)19(9-13(12)2)30(27,28)25-17-10-18(29-21-22-11-23-24-21)20(26)16-7-5-4-6-15(16)17/h4-11,25-26H,1-3H3,(H,22,23,24). The molecule has 0 fully saturated rings. The molecule has 4 aromatic rings. The summed E-state index contributed by atoms with van der Waals surface area (Å²) in [7, 11) is -3.84. The fourth-order valence-corrected chi connectivity index (χ4v) is 5.44.